The first-order valence-corrected chi connectivity index (χ1v) is 11.7. The molecule has 4 rings (SSSR count). The third kappa shape index (κ3) is 9.35. The Morgan fingerprint density at radius 1 is 1.00 bits per heavy atom. The van der Waals surface area contributed by atoms with E-state index in [1.54, 1.807) is 22.7 Å². The Morgan fingerprint density at radius 3 is 1.97 bits per heavy atom. The van der Waals surface area contributed by atoms with Crippen molar-refractivity contribution in [2.75, 3.05) is 26.2 Å². The molecule has 2 saturated heterocycles. The largest absolute Gasteiger partial charge is 0.490 e. The van der Waals surface area contributed by atoms with Gasteiger partial charge in [-0.25, -0.2) is 19.6 Å². The van der Waals surface area contributed by atoms with E-state index in [4.69, 9.17) is 19.8 Å². The van der Waals surface area contributed by atoms with Crippen LogP contribution >= 0.6 is 22.7 Å². The highest BCUT2D eigenvalue weighted by molar-refractivity contribution is 7.09. The van der Waals surface area contributed by atoms with Crippen molar-refractivity contribution in [3.8, 4) is 0 Å². The lowest BCUT2D eigenvalue weighted by molar-refractivity contribution is -0.193. The summed E-state index contributed by atoms with van der Waals surface area (Å²) in [6.07, 6.45) is -6.92. The smallest absolute Gasteiger partial charge is 0.475 e. The molecular weight excluding hydrogens is 526 g/mol. The zero-order valence-electron chi connectivity index (χ0n) is 18.3. The number of rotatable bonds is 4. The van der Waals surface area contributed by atoms with Gasteiger partial charge in [-0.3, -0.25) is 9.80 Å². The van der Waals surface area contributed by atoms with Crippen molar-refractivity contribution in [1.82, 2.24) is 19.8 Å². The molecule has 2 aromatic heterocycles. The second kappa shape index (κ2) is 11.6. The van der Waals surface area contributed by atoms with Gasteiger partial charge in [0.2, 0.25) is 0 Å². The van der Waals surface area contributed by atoms with Gasteiger partial charge < -0.3 is 10.2 Å². The average molecular weight is 549 g/mol. The maximum Gasteiger partial charge on any atom is 0.490 e. The van der Waals surface area contributed by atoms with Crippen LogP contribution in [0.2, 0.25) is 0 Å². The lowest BCUT2D eigenvalue weighted by atomic mass is 9.79. The predicted octanol–water partition coefficient (Wildman–Crippen LogP) is 3.88. The second-order valence-electron chi connectivity index (χ2n) is 8.00. The molecule has 0 atom stereocenters. The minimum absolute atomic E-state index is 0.544. The van der Waals surface area contributed by atoms with E-state index >= 15 is 0 Å². The fraction of sp³-hybridized carbons (Fsp3) is 0.579. The lowest BCUT2D eigenvalue weighted by Gasteiger charge is -2.48. The van der Waals surface area contributed by atoms with Gasteiger partial charge in [-0.1, -0.05) is 0 Å². The molecule has 2 fully saturated rings. The van der Waals surface area contributed by atoms with Gasteiger partial charge in [0.1, 0.15) is 5.01 Å². The molecule has 0 radical (unpaired) electrons. The summed E-state index contributed by atoms with van der Waals surface area (Å²) in [5.74, 6) is -5.51. The normalized spacial score (nSPS) is 17.7. The number of likely N-dealkylation sites (tertiary alicyclic amines) is 2. The van der Waals surface area contributed by atoms with E-state index in [1.807, 2.05) is 6.20 Å². The highest BCUT2D eigenvalue weighted by atomic mass is 32.1. The molecule has 2 aliphatic rings. The molecule has 1 spiro atoms. The molecule has 16 heteroatoms. The van der Waals surface area contributed by atoms with Crippen LogP contribution in [-0.4, -0.2) is 80.5 Å². The van der Waals surface area contributed by atoms with Crippen LogP contribution < -0.4 is 0 Å². The van der Waals surface area contributed by atoms with Crippen molar-refractivity contribution in [3.63, 3.8) is 0 Å². The third-order valence-corrected chi connectivity index (χ3v) is 6.60. The summed E-state index contributed by atoms with van der Waals surface area (Å²) in [6, 6.07) is 0. The number of carboxylic acid groups (broad SMARTS) is 2. The summed E-state index contributed by atoms with van der Waals surface area (Å²) in [4.78, 5) is 31.9. The van der Waals surface area contributed by atoms with Crippen LogP contribution in [-0.2, 0) is 22.7 Å². The van der Waals surface area contributed by atoms with E-state index in [0.29, 0.717) is 5.41 Å². The molecule has 0 aliphatic carbocycles. The Bertz CT molecular complexity index is 951. The van der Waals surface area contributed by atoms with Crippen LogP contribution in [0, 0.1) is 12.3 Å². The van der Waals surface area contributed by atoms with E-state index < -0.39 is 24.3 Å². The van der Waals surface area contributed by atoms with Crippen LogP contribution in [0.25, 0.3) is 0 Å². The summed E-state index contributed by atoms with van der Waals surface area (Å²) >= 11 is 3.52. The SMILES string of the molecule is Cc1nc(CN2CCC3(C2)CN(Cc2nccs2)C3)cs1.O=C(O)C(F)(F)F.O=C(O)C(F)(F)F. The van der Waals surface area contributed by atoms with Crippen molar-refractivity contribution < 1.29 is 46.1 Å². The third-order valence-electron chi connectivity index (χ3n) is 5.01. The molecule has 2 N–H and O–H groups in total. The molecule has 2 aliphatic heterocycles. The fourth-order valence-corrected chi connectivity index (χ4v) is 4.93. The van der Waals surface area contributed by atoms with Crippen LogP contribution in [0.4, 0.5) is 26.3 Å². The number of thiazole rings is 2. The minimum Gasteiger partial charge on any atom is -0.475 e. The molecular formula is C19H22F6N4O4S2. The van der Waals surface area contributed by atoms with Gasteiger partial charge in [0, 0.05) is 48.6 Å². The summed E-state index contributed by atoms with van der Waals surface area (Å²) in [5, 5.41) is 20.9. The Kier molecular flexibility index (Phi) is 9.61. The molecule has 8 nitrogen and oxygen atoms in total. The Morgan fingerprint density at radius 2 is 1.54 bits per heavy atom. The van der Waals surface area contributed by atoms with Crippen molar-refractivity contribution in [1.29, 1.82) is 0 Å². The Balaban J connectivity index is 0.000000257. The van der Waals surface area contributed by atoms with E-state index in [0.717, 1.165) is 13.1 Å². The van der Waals surface area contributed by atoms with Gasteiger partial charge in [-0.2, -0.15) is 26.3 Å². The topological polar surface area (TPSA) is 107 Å². The van der Waals surface area contributed by atoms with Gasteiger partial charge in [0.05, 0.1) is 17.2 Å². The number of halogens is 6. The van der Waals surface area contributed by atoms with Gasteiger partial charge in [-0.15, -0.1) is 22.7 Å². The monoisotopic (exact) mass is 548 g/mol. The minimum atomic E-state index is -5.08. The summed E-state index contributed by atoms with van der Waals surface area (Å²) in [6.45, 7) is 9.07. The number of alkyl halides is 6. The Hall–Kier alpha value is -2.30. The molecule has 0 saturated carbocycles. The van der Waals surface area contributed by atoms with Gasteiger partial charge in [0.15, 0.2) is 0 Å². The summed E-state index contributed by atoms with van der Waals surface area (Å²) in [7, 11) is 0. The molecule has 2 aromatic rings. The first kappa shape index (κ1) is 28.9. The maximum absolute atomic E-state index is 10.6. The van der Waals surface area contributed by atoms with Gasteiger partial charge in [0.25, 0.3) is 0 Å². The number of hydrogen-bond donors (Lipinski definition) is 2. The highest BCUT2D eigenvalue weighted by Gasteiger charge is 2.47. The average Bonchev–Trinajstić information content (AvgIpc) is 3.44. The number of aryl methyl sites for hydroxylation is 1. The molecule has 0 amide bonds. The number of carbonyl (C=O) groups is 2. The first-order chi connectivity index (χ1) is 16.1. The number of hydrogen-bond acceptors (Lipinski definition) is 8. The highest BCUT2D eigenvalue weighted by Crippen LogP contribution is 2.40. The molecule has 35 heavy (non-hydrogen) atoms. The molecule has 4 heterocycles. The molecule has 0 unspecified atom stereocenters. The zero-order chi connectivity index (χ0) is 26.4. The zero-order valence-corrected chi connectivity index (χ0v) is 19.9. The number of aromatic nitrogens is 2. The fourth-order valence-electron chi connectivity index (χ4n) is 3.67. The number of aliphatic carboxylic acids is 2. The van der Waals surface area contributed by atoms with Crippen LogP contribution in [0.1, 0.15) is 22.1 Å². The number of carboxylic acids is 2. The standard InChI is InChI=1S/C15H20N4S2.2C2HF3O2/c1-12-17-13(8-21-12)6-18-4-2-15(9-18)10-19(11-15)7-14-16-3-5-20-14;2*3-2(4,5)1(6)7/h3,5,8H,2,4,6-7,9-11H2,1H3;2*(H,6,7). The van der Waals surface area contributed by atoms with Crippen LogP contribution in [0.15, 0.2) is 17.0 Å². The van der Waals surface area contributed by atoms with Crippen molar-refractivity contribution in [2.45, 2.75) is 38.8 Å². The van der Waals surface area contributed by atoms with Gasteiger partial charge in [-0.05, 0) is 19.9 Å². The van der Waals surface area contributed by atoms with E-state index in [1.165, 1.54) is 48.3 Å². The maximum atomic E-state index is 10.6. The van der Waals surface area contributed by atoms with E-state index in [-0.39, 0.29) is 0 Å². The summed E-state index contributed by atoms with van der Waals surface area (Å²) < 4.78 is 63.5. The molecule has 0 aromatic carbocycles. The van der Waals surface area contributed by atoms with Crippen LogP contribution in [0.5, 0.6) is 0 Å². The predicted molar refractivity (Wildman–Crippen MR) is 114 cm³/mol. The van der Waals surface area contributed by atoms with Crippen molar-refractivity contribution in [2.24, 2.45) is 5.41 Å². The lowest BCUT2D eigenvalue weighted by Crippen LogP contribution is -2.56. The Labute approximate surface area is 203 Å². The molecule has 196 valence electrons. The molecule has 0 bridgehead atoms. The van der Waals surface area contributed by atoms with E-state index in [9.17, 15) is 26.3 Å². The number of nitrogens with zero attached hydrogens (tertiary/aromatic N) is 4. The van der Waals surface area contributed by atoms with Crippen molar-refractivity contribution in [3.05, 3.63) is 32.7 Å². The quantitative estimate of drug-likeness (QED) is 0.555. The van der Waals surface area contributed by atoms with Crippen LogP contribution in [0.3, 0.4) is 0 Å². The summed E-state index contributed by atoms with van der Waals surface area (Å²) in [5.41, 5.74) is 1.79. The first-order valence-electron chi connectivity index (χ1n) is 9.94. The second-order valence-corrected chi connectivity index (χ2v) is 10.0. The van der Waals surface area contributed by atoms with Crippen molar-refractivity contribution >= 4 is 34.6 Å². The van der Waals surface area contributed by atoms with Gasteiger partial charge >= 0.3 is 24.3 Å². The van der Waals surface area contributed by atoms with E-state index in [2.05, 4.69) is 37.5 Å².